The van der Waals surface area contributed by atoms with Crippen molar-refractivity contribution in [1.29, 1.82) is 0 Å². The van der Waals surface area contributed by atoms with Crippen LogP contribution in [0.5, 0.6) is 0 Å². The first-order chi connectivity index (χ1) is 9.38. The van der Waals surface area contributed by atoms with Crippen LogP contribution in [0.4, 0.5) is 14.5 Å². The number of ether oxygens (including phenoxy) is 1. The minimum absolute atomic E-state index is 0.140. The summed E-state index contributed by atoms with van der Waals surface area (Å²) < 4.78 is 32.0. The lowest BCUT2D eigenvalue weighted by atomic mass is 10.3. The quantitative estimate of drug-likeness (QED) is 0.494. The minimum Gasteiger partial charge on any atom is -0.462 e. The highest BCUT2D eigenvalue weighted by molar-refractivity contribution is 8.00. The van der Waals surface area contributed by atoms with Crippen molar-refractivity contribution in [1.82, 2.24) is 0 Å². The van der Waals surface area contributed by atoms with E-state index in [1.165, 1.54) is 6.07 Å². The molecule has 20 heavy (non-hydrogen) atoms. The van der Waals surface area contributed by atoms with E-state index in [4.69, 9.17) is 10.5 Å². The van der Waals surface area contributed by atoms with Gasteiger partial charge < -0.3 is 10.5 Å². The van der Waals surface area contributed by atoms with Gasteiger partial charge in [-0.2, -0.15) is 0 Å². The van der Waals surface area contributed by atoms with Gasteiger partial charge in [0.1, 0.15) is 16.9 Å². The van der Waals surface area contributed by atoms with Crippen LogP contribution < -0.4 is 5.73 Å². The Balaban J connectivity index is 2.83. The number of thioether (sulfide) groups is 1. The summed E-state index contributed by atoms with van der Waals surface area (Å²) in [6.07, 6.45) is 1.02. The van der Waals surface area contributed by atoms with Crippen LogP contribution in [0.1, 0.15) is 33.6 Å². The summed E-state index contributed by atoms with van der Waals surface area (Å²) >= 11 is 1.00. The third-order valence-corrected chi connectivity index (χ3v) is 4.22. The number of anilines is 1. The van der Waals surface area contributed by atoms with Gasteiger partial charge >= 0.3 is 5.97 Å². The molecule has 0 aliphatic heterocycles. The van der Waals surface area contributed by atoms with Gasteiger partial charge in [0, 0.05) is 11.0 Å². The number of esters is 1. The van der Waals surface area contributed by atoms with Crippen LogP contribution in [-0.2, 0) is 9.53 Å². The molecule has 0 heterocycles. The summed E-state index contributed by atoms with van der Waals surface area (Å²) in [6, 6.07) is 1.93. The standard InChI is InChI=1S/C14H19F2NO2S/c1-4-8(3)19-14(18)12(5-2)20-13-7-11(17)9(15)6-10(13)16/h6-8,12H,4-5,17H2,1-3H3. The first-order valence-electron chi connectivity index (χ1n) is 6.50. The summed E-state index contributed by atoms with van der Waals surface area (Å²) in [4.78, 5) is 12.1. The lowest BCUT2D eigenvalue weighted by molar-refractivity contribution is -0.147. The van der Waals surface area contributed by atoms with E-state index in [1.807, 2.05) is 6.92 Å². The summed E-state index contributed by atoms with van der Waals surface area (Å²) in [5.74, 6) is -1.92. The van der Waals surface area contributed by atoms with Gasteiger partial charge in [0.25, 0.3) is 0 Å². The molecule has 0 radical (unpaired) electrons. The Labute approximate surface area is 121 Å². The highest BCUT2D eigenvalue weighted by Crippen LogP contribution is 2.31. The van der Waals surface area contributed by atoms with Crippen LogP contribution in [0.2, 0.25) is 0 Å². The number of benzene rings is 1. The Kier molecular flexibility index (Phi) is 6.26. The maximum atomic E-state index is 13.7. The number of nitrogen functional groups attached to an aromatic ring is 1. The maximum absolute atomic E-state index is 13.7. The van der Waals surface area contributed by atoms with Crippen LogP contribution in [0.3, 0.4) is 0 Å². The topological polar surface area (TPSA) is 52.3 Å². The summed E-state index contributed by atoms with van der Waals surface area (Å²) in [6.45, 7) is 5.51. The van der Waals surface area contributed by atoms with E-state index in [0.717, 1.165) is 17.8 Å². The fraction of sp³-hybridized carbons (Fsp3) is 0.500. The number of hydrogen-bond donors (Lipinski definition) is 1. The molecule has 0 aromatic heterocycles. The SMILES string of the molecule is CCC(C)OC(=O)C(CC)Sc1cc(N)c(F)cc1F. The molecule has 2 N–H and O–H groups in total. The number of carbonyl (C=O) groups is 1. The van der Waals surface area contributed by atoms with Crippen molar-refractivity contribution < 1.29 is 18.3 Å². The lowest BCUT2D eigenvalue weighted by Gasteiger charge is -2.17. The van der Waals surface area contributed by atoms with E-state index >= 15 is 0 Å². The van der Waals surface area contributed by atoms with Gasteiger partial charge in [-0.25, -0.2) is 8.78 Å². The van der Waals surface area contributed by atoms with Gasteiger partial charge in [-0.15, -0.1) is 11.8 Å². The molecule has 0 aliphatic carbocycles. The Morgan fingerprint density at radius 3 is 2.50 bits per heavy atom. The molecule has 6 heteroatoms. The molecule has 0 saturated carbocycles. The monoisotopic (exact) mass is 303 g/mol. The van der Waals surface area contributed by atoms with Gasteiger partial charge in [-0.1, -0.05) is 13.8 Å². The Bertz CT molecular complexity index is 482. The zero-order valence-corrected chi connectivity index (χ0v) is 12.6. The predicted octanol–water partition coefficient (Wildman–Crippen LogP) is 3.76. The van der Waals surface area contributed by atoms with E-state index in [9.17, 15) is 13.6 Å². The molecule has 0 spiro atoms. The zero-order valence-electron chi connectivity index (χ0n) is 11.8. The second-order valence-corrected chi connectivity index (χ2v) is 5.72. The molecule has 0 fully saturated rings. The van der Waals surface area contributed by atoms with Crippen LogP contribution >= 0.6 is 11.8 Å². The second kappa shape index (κ2) is 7.47. The third kappa shape index (κ3) is 4.37. The molecule has 0 saturated heterocycles. The van der Waals surface area contributed by atoms with E-state index in [1.54, 1.807) is 13.8 Å². The zero-order chi connectivity index (χ0) is 15.3. The second-order valence-electron chi connectivity index (χ2n) is 4.47. The molecule has 2 unspecified atom stereocenters. The molecule has 0 amide bonds. The molecule has 0 bridgehead atoms. The molecule has 1 aromatic carbocycles. The van der Waals surface area contributed by atoms with Crippen molar-refractivity contribution in [3.63, 3.8) is 0 Å². The summed E-state index contributed by atoms with van der Waals surface area (Å²) in [5, 5.41) is -0.539. The number of carbonyl (C=O) groups excluding carboxylic acids is 1. The van der Waals surface area contributed by atoms with Crippen LogP contribution in [0, 0.1) is 11.6 Å². The van der Waals surface area contributed by atoms with Gasteiger partial charge in [0.05, 0.1) is 11.8 Å². The smallest absolute Gasteiger partial charge is 0.319 e. The molecule has 1 rings (SSSR count). The molecular weight excluding hydrogens is 284 g/mol. The van der Waals surface area contributed by atoms with E-state index in [-0.39, 0.29) is 16.7 Å². The Hall–Kier alpha value is -1.30. The van der Waals surface area contributed by atoms with Gasteiger partial charge in [-0.3, -0.25) is 4.79 Å². The predicted molar refractivity (Wildman–Crippen MR) is 76.6 cm³/mol. The maximum Gasteiger partial charge on any atom is 0.319 e. The number of rotatable bonds is 6. The summed E-state index contributed by atoms with van der Waals surface area (Å²) in [7, 11) is 0. The van der Waals surface area contributed by atoms with Crippen LogP contribution in [0.15, 0.2) is 17.0 Å². The first-order valence-corrected chi connectivity index (χ1v) is 7.38. The number of halogens is 2. The van der Waals surface area contributed by atoms with Gasteiger partial charge in [0.2, 0.25) is 0 Å². The Morgan fingerprint density at radius 2 is 1.95 bits per heavy atom. The van der Waals surface area contributed by atoms with Gasteiger partial charge in [-0.05, 0) is 25.8 Å². The fourth-order valence-corrected chi connectivity index (χ4v) is 2.44. The van der Waals surface area contributed by atoms with Crippen molar-refractivity contribution in [2.45, 2.75) is 49.9 Å². The highest BCUT2D eigenvalue weighted by atomic mass is 32.2. The van der Waals surface area contributed by atoms with E-state index in [0.29, 0.717) is 12.8 Å². The van der Waals surface area contributed by atoms with E-state index < -0.39 is 22.9 Å². The van der Waals surface area contributed by atoms with Crippen molar-refractivity contribution in [2.24, 2.45) is 0 Å². The average molecular weight is 303 g/mol. The van der Waals surface area contributed by atoms with Crippen molar-refractivity contribution in [3.05, 3.63) is 23.8 Å². The lowest BCUT2D eigenvalue weighted by Crippen LogP contribution is -2.24. The first kappa shape index (κ1) is 16.8. The molecule has 1 aromatic rings. The van der Waals surface area contributed by atoms with Crippen molar-refractivity contribution in [3.8, 4) is 0 Å². The molecule has 3 nitrogen and oxygen atoms in total. The van der Waals surface area contributed by atoms with Gasteiger partial charge in [0.15, 0.2) is 0 Å². The normalized spacial score (nSPS) is 13.8. The number of hydrogen-bond acceptors (Lipinski definition) is 4. The third-order valence-electron chi connectivity index (χ3n) is 2.85. The molecule has 0 aliphatic rings. The molecule has 112 valence electrons. The minimum atomic E-state index is -0.804. The van der Waals surface area contributed by atoms with Crippen LogP contribution in [0.25, 0.3) is 0 Å². The van der Waals surface area contributed by atoms with Crippen molar-refractivity contribution in [2.75, 3.05) is 5.73 Å². The van der Waals surface area contributed by atoms with Crippen LogP contribution in [-0.4, -0.2) is 17.3 Å². The molecule has 2 atom stereocenters. The Morgan fingerprint density at radius 1 is 1.30 bits per heavy atom. The highest BCUT2D eigenvalue weighted by Gasteiger charge is 2.23. The van der Waals surface area contributed by atoms with E-state index in [2.05, 4.69) is 0 Å². The fourth-order valence-electron chi connectivity index (χ4n) is 1.44. The summed E-state index contributed by atoms with van der Waals surface area (Å²) in [5.41, 5.74) is 5.27. The average Bonchev–Trinajstić information content (AvgIpc) is 2.40. The largest absolute Gasteiger partial charge is 0.462 e. The molecular formula is C14H19F2NO2S. The van der Waals surface area contributed by atoms with Crippen molar-refractivity contribution >= 4 is 23.4 Å². The number of nitrogens with two attached hydrogens (primary N) is 1.